The molecule has 0 aliphatic heterocycles. The monoisotopic (exact) mass is 259 g/mol. The highest BCUT2D eigenvalue weighted by atomic mass is 16.5. The van der Waals surface area contributed by atoms with Crippen molar-refractivity contribution in [3.05, 3.63) is 29.8 Å². The Balaban J connectivity index is 2.57. The van der Waals surface area contributed by atoms with Crippen LogP contribution in [0, 0.1) is 0 Å². The highest BCUT2D eigenvalue weighted by molar-refractivity contribution is 5.71. The average Bonchev–Trinajstić information content (AvgIpc) is 2.79. The van der Waals surface area contributed by atoms with Crippen LogP contribution in [0.4, 0.5) is 5.82 Å². The van der Waals surface area contributed by atoms with Gasteiger partial charge in [0.05, 0.1) is 12.8 Å². The van der Waals surface area contributed by atoms with E-state index in [1.165, 1.54) is 5.56 Å². The van der Waals surface area contributed by atoms with Crippen LogP contribution in [0.25, 0.3) is 11.3 Å². The summed E-state index contributed by atoms with van der Waals surface area (Å²) in [5.74, 6) is 2.21. The van der Waals surface area contributed by atoms with E-state index in [2.05, 4.69) is 36.4 Å². The van der Waals surface area contributed by atoms with E-state index in [0.717, 1.165) is 22.8 Å². The van der Waals surface area contributed by atoms with Crippen LogP contribution in [0.3, 0.4) is 0 Å². The maximum Gasteiger partial charge on any atom is 0.148 e. The van der Waals surface area contributed by atoms with Gasteiger partial charge >= 0.3 is 0 Å². The van der Waals surface area contributed by atoms with Crippen LogP contribution >= 0.6 is 0 Å². The second kappa shape index (κ2) is 5.34. The minimum absolute atomic E-state index is 0.488. The molecular weight excluding hydrogens is 238 g/mol. The molecule has 0 aliphatic rings. The lowest BCUT2D eigenvalue weighted by molar-refractivity contribution is 0.416. The number of nitrogens with zero attached hydrogens (tertiary/aromatic N) is 2. The molecule has 1 aromatic carbocycles. The van der Waals surface area contributed by atoms with Crippen molar-refractivity contribution < 1.29 is 4.74 Å². The molecule has 4 nitrogen and oxygen atoms in total. The zero-order valence-electron chi connectivity index (χ0n) is 12.2. The summed E-state index contributed by atoms with van der Waals surface area (Å²) in [4.78, 5) is 0. The molecular formula is C15H21N3O. The summed E-state index contributed by atoms with van der Waals surface area (Å²) in [6.45, 7) is 4.38. The zero-order valence-corrected chi connectivity index (χ0v) is 12.2. The molecule has 0 unspecified atom stereocenters. The Labute approximate surface area is 114 Å². The quantitative estimate of drug-likeness (QED) is 0.916. The van der Waals surface area contributed by atoms with Gasteiger partial charge in [-0.05, 0) is 23.6 Å². The maximum atomic E-state index is 5.47. The lowest BCUT2D eigenvalue weighted by Crippen LogP contribution is -1.98. The van der Waals surface area contributed by atoms with Crippen LogP contribution in [-0.2, 0) is 7.05 Å². The molecule has 19 heavy (non-hydrogen) atoms. The van der Waals surface area contributed by atoms with Crippen molar-refractivity contribution in [2.24, 2.45) is 7.05 Å². The predicted octanol–water partition coefficient (Wildman–Crippen LogP) is 3.26. The molecule has 0 radical (unpaired) electrons. The molecule has 0 bridgehead atoms. The second-order valence-electron chi connectivity index (χ2n) is 4.90. The Kier molecular flexibility index (Phi) is 3.79. The van der Waals surface area contributed by atoms with Gasteiger partial charge in [0.2, 0.25) is 0 Å². The molecule has 0 fully saturated rings. The van der Waals surface area contributed by atoms with Gasteiger partial charge in [0, 0.05) is 25.7 Å². The molecule has 1 heterocycles. The fraction of sp³-hybridized carbons (Fsp3) is 0.400. The molecule has 102 valence electrons. The number of aryl methyl sites for hydroxylation is 1. The lowest BCUT2D eigenvalue weighted by atomic mass is 9.99. The van der Waals surface area contributed by atoms with E-state index in [4.69, 9.17) is 4.74 Å². The van der Waals surface area contributed by atoms with Gasteiger partial charge in [-0.1, -0.05) is 19.9 Å². The van der Waals surface area contributed by atoms with Crippen molar-refractivity contribution in [1.29, 1.82) is 0 Å². The first-order valence-electron chi connectivity index (χ1n) is 6.47. The van der Waals surface area contributed by atoms with Crippen LogP contribution in [0.15, 0.2) is 24.3 Å². The van der Waals surface area contributed by atoms with Gasteiger partial charge in [-0.15, -0.1) is 0 Å². The van der Waals surface area contributed by atoms with Crippen LogP contribution in [0.5, 0.6) is 5.75 Å². The summed E-state index contributed by atoms with van der Waals surface area (Å²) in [6, 6.07) is 8.35. The Bertz CT molecular complexity index is 573. The number of hydrogen-bond donors (Lipinski definition) is 1. The molecule has 2 aromatic rings. The highest BCUT2D eigenvalue weighted by Crippen LogP contribution is 2.33. The van der Waals surface area contributed by atoms with Gasteiger partial charge in [0.1, 0.15) is 11.6 Å². The first-order chi connectivity index (χ1) is 9.06. The first kappa shape index (κ1) is 13.5. The van der Waals surface area contributed by atoms with E-state index < -0.39 is 0 Å². The van der Waals surface area contributed by atoms with Crippen LogP contribution in [-0.4, -0.2) is 23.9 Å². The summed E-state index contributed by atoms with van der Waals surface area (Å²) in [5.41, 5.74) is 3.41. The zero-order chi connectivity index (χ0) is 14.0. The van der Waals surface area contributed by atoms with E-state index in [1.54, 1.807) is 7.11 Å². The fourth-order valence-corrected chi connectivity index (χ4v) is 2.13. The largest absolute Gasteiger partial charge is 0.496 e. The third-order valence-electron chi connectivity index (χ3n) is 3.30. The predicted molar refractivity (Wildman–Crippen MR) is 78.8 cm³/mol. The third-order valence-corrected chi connectivity index (χ3v) is 3.30. The Hall–Kier alpha value is -1.97. The van der Waals surface area contributed by atoms with E-state index in [1.807, 2.05) is 30.9 Å². The summed E-state index contributed by atoms with van der Waals surface area (Å²) in [6.07, 6.45) is 0. The van der Waals surface area contributed by atoms with Gasteiger partial charge in [-0.25, -0.2) is 0 Å². The minimum Gasteiger partial charge on any atom is -0.496 e. The minimum atomic E-state index is 0.488. The van der Waals surface area contributed by atoms with E-state index in [9.17, 15) is 0 Å². The number of aromatic nitrogens is 2. The lowest BCUT2D eigenvalue weighted by Gasteiger charge is -2.12. The molecule has 0 spiro atoms. The van der Waals surface area contributed by atoms with Gasteiger partial charge in [0.15, 0.2) is 0 Å². The Morgan fingerprint density at radius 3 is 2.53 bits per heavy atom. The molecule has 0 amide bonds. The summed E-state index contributed by atoms with van der Waals surface area (Å²) >= 11 is 0. The highest BCUT2D eigenvalue weighted by Gasteiger charge is 2.13. The van der Waals surface area contributed by atoms with Crippen LogP contribution in [0.2, 0.25) is 0 Å². The van der Waals surface area contributed by atoms with E-state index >= 15 is 0 Å². The molecule has 4 heteroatoms. The fourth-order valence-electron chi connectivity index (χ4n) is 2.13. The standard InChI is InChI=1S/C15H21N3O/c1-10(2)11-6-7-14(19-5)12(8-11)13-9-15(16-3)17-18(13)4/h6-10H,1-5H3,(H,16,17). The van der Waals surface area contributed by atoms with Crippen molar-refractivity contribution in [2.45, 2.75) is 19.8 Å². The first-order valence-corrected chi connectivity index (χ1v) is 6.47. The SMILES string of the molecule is CNc1cc(-c2cc(C(C)C)ccc2OC)n(C)n1. The number of methoxy groups -OCH3 is 1. The number of nitrogens with one attached hydrogen (secondary N) is 1. The molecule has 1 aromatic heterocycles. The van der Waals surface area contributed by atoms with Gasteiger partial charge in [0.25, 0.3) is 0 Å². The number of hydrogen-bond acceptors (Lipinski definition) is 3. The van der Waals surface area contributed by atoms with Gasteiger partial charge in [-0.3, -0.25) is 4.68 Å². The van der Waals surface area contributed by atoms with E-state index in [-0.39, 0.29) is 0 Å². The molecule has 0 saturated heterocycles. The third kappa shape index (κ3) is 2.57. The second-order valence-corrected chi connectivity index (χ2v) is 4.90. The van der Waals surface area contributed by atoms with Crippen molar-refractivity contribution in [3.63, 3.8) is 0 Å². The number of benzene rings is 1. The summed E-state index contributed by atoms with van der Waals surface area (Å²) in [7, 11) is 5.51. The van der Waals surface area contributed by atoms with Gasteiger partial charge in [-0.2, -0.15) is 5.10 Å². The van der Waals surface area contributed by atoms with Crippen molar-refractivity contribution in [2.75, 3.05) is 19.5 Å². The molecule has 0 saturated carbocycles. The van der Waals surface area contributed by atoms with Crippen molar-refractivity contribution in [1.82, 2.24) is 9.78 Å². The molecule has 1 N–H and O–H groups in total. The van der Waals surface area contributed by atoms with Crippen molar-refractivity contribution >= 4 is 5.82 Å². The van der Waals surface area contributed by atoms with Gasteiger partial charge < -0.3 is 10.1 Å². The maximum absolute atomic E-state index is 5.47. The summed E-state index contributed by atoms with van der Waals surface area (Å²) in [5, 5.41) is 7.47. The topological polar surface area (TPSA) is 39.1 Å². The smallest absolute Gasteiger partial charge is 0.148 e. The van der Waals surface area contributed by atoms with E-state index in [0.29, 0.717) is 5.92 Å². The Morgan fingerprint density at radius 1 is 1.26 bits per heavy atom. The number of ether oxygens (including phenoxy) is 1. The Morgan fingerprint density at radius 2 is 2.00 bits per heavy atom. The summed E-state index contributed by atoms with van der Waals surface area (Å²) < 4.78 is 7.34. The van der Waals surface area contributed by atoms with Crippen molar-refractivity contribution in [3.8, 4) is 17.0 Å². The van der Waals surface area contributed by atoms with Crippen LogP contribution < -0.4 is 10.1 Å². The average molecular weight is 259 g/mol. The number of anilines is 1. The molecule has 0 aliphatic carbocycles. The molecule has 0 atom stereocenters. The molecule has 2 rings (SSSR count). The normalized spacial score (nSPS) is 10.8. The number of rotatable bonds is 4. The van der Waals surface area contributed by atoms with Crippen LogP contribution in [0.1, 0.15) is 25.3 Å².